The highest BCUT2D eigenvalue weighted by Gasteiger charge is 2.18. The molecule has 0 atom stereocenters. The van der Waals surface area contributed by atoms with Crippen molar-refractivity contribution in [2.75, 3.05) is 0 Å². The van der Waals surface area contributed by atoms with Crippen molar-refractivity contribution in [2.45, 2.75) is 18.4 Å². The summed E-state index contributed by atoms with van der Waals surface area (Å²) in [7, 11) is -3.88. The number of aromatic carboxylic acids is 1. The average molecular weight is 342 g/mol. The number of sulfonamides is 1. The van der Waals surface area contributed by atoms with Crippen LogP contribution < -0.4 is 4.72 Å². The van der Waals surface area contributed by atoms with Gasteiger partial charge in [0, 0.05) is 0 Å². The third kappa shape index (κ3) is 3.79. The minimum Gasteiger partial charge on any atom is -0.478 e. The van der Waals surface area contributed by atoms with E-state index in [1.165, 1.54) is 12.1 Å². The molecule has 0 bridgehead atoms. The molecular weight excluding hydrogens is 330 g/mol. The molecule has 0 aliphatic heterocycles. The number of benzene rings is 1. The smallest absolute Gasteiger partial charge is 0.337 e. The minimum atomic E-state index is -3.88. The van der Waals surface area contributed by atoms with E-state index in [1.54, 1.807) is 19.1 Å². The molecule has 7 nitrogen and oxygen atoms in total. The van der Waals surface area contributed by atoms with E-state index < -0.39 is 16.0 Å². The van der Waals surface area contributed by atoms with Gasteiger partial charge in [-0.1, -0.05) is 11.6 Å². The molecule has 0 aliphatic carbocycles. The molecule has 0 unspecified atom stereocenters. The first kappa shape index (κ1) is 16.3. The topological polar surface area (TPSA) is 109 Å². The van der Waals surface area contributed by atoms with Gasteiger partial charge in [-0.15, -0.1) is 0 Å². The zero-order valence-electron chi connectivity index (χ0n) is 11.4. The molecule has 0 spiro atoms. The lowest BCUT2D eigenvalue weighted by atomic mass is 10.2. The van der Waals surface area contributed by atoms with Crippen LogP contribution in [0.3, 0.4) is 0 Å². The number of nitrogens with one attached hydrogen (secondary N) is 1. The Morgan fingerprint density at radius 1 is 1.27 bits per heavy atom. The zero-order chi connectivity index (χ0) is 16.3. The van der Waals surface area contributed by atoms with Gasteiger partial charge in [0.2, 0.25) is 10.0 Å². The lowest BCUT2D eigenvalue weighted by Crippen LogP contribution is -2.24. The number of aromatic nitrogens is 2. The van der Waals surface area contributed by atoms with Gasteiger partial charge >= 0.3 is 5.97 Å². The number of carbonyl (C=O) groups is 1. The third-order valence-corrected chi connectivity index (χ3v) is 4.50. The van der Waals surface area contributed by atoms with Gasteiger partial charge in [-0.3, -0.25) is 0 Å². The van der Waals surface area contributed by atoms with Crippen molar-refractivity contribution in [2.24, 2.45) is 0 Å². The number of aryl methyl sites for hydroxylation is 1. The summed E-state index contributed by atoms with van der Waals surface area (Å²) < 4.78 is 26.7. The van der Waals surface area contributed by atoms with Crippen LogP contribution >= 0.6 is 11.6 Å². The number of halogens is 1. The maximum Gasteiger partial charge on any atom is 0.337 e. The van der Waals surface area contributed by atoms with E-state index in [0.29, 0.717) is 5.69 Å². The second-order valence-corrected chi connectivity index (χ2v) is 6.61. The van der Waals surface area contributed by atoms with Crippen LogP contribution in [0.4, 0.5) is 0 Å². The van der Waals surface area contributed by atoms with Crippen molar-refractivity contribution >= 4 is 27.6 Å². The summed E-state index contributed by atoms with van der Waals surface area (Å²) in [4.78, 5) is 10.8. The Bertz CT molecular complexity index is 807. The van der Waals surface area contributed by atoms with E-state index >= 15 is 0 Å². The summed E-state index contributed by atoms with van der Waals surface area (Å²) in [6.45, 7) is 1.71. The van der Waals surface area contributed by atoms with Crippen LogP contribution in [0.25, 0.3) is 0 Å². The number of hydrogen-bond acceptors (Lipinski definition) is 5. The van der Waals surface area contributed by atoms with Gasteiger partial charge in [0.1, 0.15) is 0 Å². The highest BCUT2D eigenvalue weighted by molar-refractivity contribution is 7.89. The predicted molar refractivity (Wildman–Crippen MR) is 79.2 cm³/mol. The molecule has 0 radical (unpaired) electrons. The maximum atomic E-state index is 12.2. The van der Waals surface area contributed by atoms with Gasteiger partial charge in [-0.05, 0) is 37.3 Å². The second-order valence-electron chi connectivity index (χ2n) is 4.44. The van der Waals surface area contributed by atoms with Crippen molar-refractivity contribution in [3.63, 3.8) is 0 Å². The lowest BCUT2D eigenvalue weighted by Gasteiger charge is -2.08. The van der Waals surface area contributed by atoms with Crippen molar-refractivity contribution in [1.29, 1.82) is 0 Å². The fraction of sp³-hybridized carbons (Fsp3) is 0.154. The number of hydrogen-bond donors (Lipinski definition) is 2. The molecule has 2 rings (SSSR count). The van der Waals surface area contributed by atoms with E-state index in [2.05, 4.69) is 14.9 Å². The monoisotopic (exact) mass is 341 g/mol. The second kappa shape index (κ2) is 6.39. The van der Waals surface area contributed by atoms with Gasteiger partial charge in [-0.25, -0.2) is 17.9 Å². The zero-order valence-corrected chi connectivity index (χ0v) is 13.0. The number of carboxylic acid groups (broad SMARTS) is 1. The summed E-state index contributed by atoms with van der Waals surface area (Å²) in [6, 6.07) is 6.83. The van der Waals surface area contributed by atoms with E-state index in [4.69, 9.17) is 16.7 Å². The van der Waals surface area contributed by atoms with Crippen LogP contribution in [0.15, 0.2) is 35.2 Å². The van der Waals surface area contributed by atoms with Gasteiger partial charge in [-0.2, -0.15) is 10.2 Å². The Kier molecular flexibility index (Phi) is 4.74. The first-order valence-corrected chi connectivity index (χ1v) is 7.97. The molecule has 1 aromatic heterocycles. The van der Waals surface area contributed by atoms with Crippen LogP contribution in [0.1, 0.15) is 21.7 Å². The SMILES string of the molecule is Cc1ccc(CNS(=O)(=O)c2ccc(Cl)c(C(=O)O)c2)nn1. The van der Waals surface area contributed by atoms with E-state index in [1.807, 2.05) is 0 Å². The maximum absolute atomic E-state index is 12.2. The van der Waals surface area contributed by atoms with Crippen LogP contribution in [-0.2, 0) is 16.6 Å². The van der Waals surface area contributed by atoms with E-state index in [-0.39, 0.29) is 22.0 Å². The molecule has 0 saturated carbocycles. The fourth-order valence-electron chi connectivity index (χ4n) is 1.61. The van der Waals surface area contributed by atoms with Gasteiger partial charge < -0.3 is 5.11 Å². The first-order chi connectivity index (χ1) is 10.3. The standard InChI is InChI=1S/C13H12ClN3O4S/c1-8-2-3-9(17-16-8)7-15-22(20,21)10-4-5-12(14)11(6-10)13(18)19/h2-6,15H,7H2,1H3,(H,18,19). The molecule has 116 valence electrons. The largest absolute Gasteiger partial charge is 0.478 e. The van der Waals surface area contributed by atoms with E-state index in [0.717, 1.165) is 11.8 Å². The Morgan fingerprint density at radius 2 is 2.00 bits per heavy atom. The molecule has 1 heterocycles. The number of nitrogens with zero attached hydrogens (tertiary/aromatic N) is 2. The summed E-state index contributed by atoms with van der Waals surface area (Å²) in [5.41, 5.74) is 0.886. The average Bonchev–Trinajstić information content (AvgIpc) is 2.46. The molecule has 1 aromatic carbocycles. The molecular formula is C13H12ClN3O4S. The molecule has 2 aromatic rings. The van der Waals surface area contributed by atoms with Crippen molar-refractivity contribution < 1.29 is 18.3 Å². The molecule has 0 aliphatic rings. The first-order valence-electron chi connectivity index (χ1n) is 6.11. The molecule has 0 saturated heterocycles. The Hall–Kier alpha value is -2.03. The number of carboxylic acids is 1. The summed E-state index contributed by atoms with van der Waals surface area (Å²) in [6.07, 6.45) is 0. The molecule has 0 amide bonds. The summed E-state index contributed by atoms with van der Waals surface area (Å²) in [5, 5.41) is 16.6. The van der Waals surface area contributed by atoms with Gasteiger partial charge in [0.25, 0.3) is 0 Å². The Morgan fingerprint density at radius 3 is 2.59 bits per heavy atom. The van der Waals surface area contributed by atoms with Crippen LogP contribution in [0.5, 0.6) is 0 Å². The van der Waals surface area contributed by atoms with Gasteiger partial charge in [0.05, 0.1) is 33.4 Å². The number of rotatable bonds is 5. The Balaban J connectivity index is 2.21. The Labute approximate surface area is 132 Å². The van der Waals surface area contributed by atoms with Crippen LogP contribution in [0, 0.1) is 6.92 Å². The highest BCUT2D eigenvalue weighted by Crippen LogP contribution is 2.20. The molecule has 9 heteroatoms. The molecule has 22 heavy (non-hydrogen) atoms. The van der Waals surface area contributed by atoms with Crippen molar-refractivity contribution in [3.05, 3.63) is 52.3 Å². The highest BCUT2D eigenvalue weighted by atomic mass is 35.5. The minimum absolute atomic E-state index is 0.0316. The van der Waals surface area contributed by atoms with Crippen LogP contribution in [0.2, 0.25) is 5.02 Å². The van der Waals surface area contributed by atoms with Crippen LogP contribution in [-0.4, -0.2) is 29.7 Å². The predicted octanol–water partition coefficient (Wildman–Crippen LogP) is 1.62. The fourth-order valence-corrected chi connectivity index (χ4v) is 2.83. The molecule has 0 fully saturated rings. The summed E-state index contributed by atoms with van der Waals surface area (Å²) >= 11 is 5.71. The van der Waals surface area contributed by atoms with Gasteiger partial charge in [0.15, 0.2) is 0 Å². The van der Waals surface area contributed by atoms with E-state index in [9.17, 15) is 13.2 Å². The quantitative estimate of drug-likeness (QED) is 0.855. The van der Waals surface area contributed by atoms with Crippen molar-refractivity contribution in [3.8, 4) is 0 Å². The third-order valence-electron chi connectivity index (χ3n) is 2.77. The summed E-state index contributed by atoms with van der Waals surface area (Å²) in [5.74, 6) is -1.30. The molecule has 2 N–H and O–H groups in total. The van der Waals surface area contributed by atoms with Crippen molar-refractivity contribution in [1.82, 2.24) is 14.9 Å². The normalized spacial score (nSPS) is 11.4. The lowest BCUT2D eigenvalue weighted by molar-refractivity contribution is 0.0697.